The number of nitrogens with two attached hydrogens (primary N) is 1. The number of nitrogens with one attached hydrogen (secondary N) is 2. The maximum absolute atomic E-state index is 11.8. The maximum atomic E-state index is 11.8. The highest BCUT2D eigenvalue weighted by molar-refractivity contribution is 7.98. The van der Waals surface area contributed by atoms with Crippen molar-refractivity contribution in [3.63, 3.8) is 0 Å². The molecule has 0 saturated heterocycles. The molecule has 0 aliphatic heterocycles. The third-order valence-corrected chi connectivity index (χ3v) is 3.64. The Kier molecular flexibility index (Phi) is 7.86. The maximum Gasteiger partial charge on any atom is 0.237 e. The molecule has 0 saturated carbocycles. The summed E-state index contributed by atoms with van der Waals surface area (Å²) in [7, 11) is 0. The van der Waals surface area contributed by atoms with Gasteiger partial charge in [0.15, 0.2) is 0 Å². The van der Waals surface area contributed by atoms with Crippen LogP contribution in [-0.4, -0.2) is 44.6 Å². The van der Waals surface area contributed by atoms with Crippen LogP contribution in [0.25, 0.3) is 11.4 Å². The molecule has 0 unspecified atom stereocenters. The number of H-pyrrole nitrogens is 1. The first-order valence-electron chi connectivity index (χ1n) is 6.55. The molecule has 1 heterocycles. The number of amides is 1. The predicted molar refractivity (Wildman–Crippen MR) is 89.7 cm³/mol. The molecule has 0 aliphatic carbocycles. The van der Waals surface area contributed by atoms with Crippen molar-refractivity contribution < 1.29 is 4.79 Å². The number of aromatic nitrogens is 4. The Hall–Kier alpha value is -1.64. The highest BCUT2D eigenvalue weighted by Gasteiger charge is 2.12. The summed E-state index contributed by atoms with van der Waals surface area (Å²) in [4.78, 5) is 11.8. The topological polar surface area (TPSA) is 110 Å². The molecule has 0 fully saturated rings. The summed E-state index contributed by atoms with van der Waals surface area (Å²) in [5, 5.41) is 16.6. The Labute approximate surface area is 139 Å². The molecule has 1 amide bonds. The van der Waals surface area contributed by atoms with Crippen molar-refractivity contribution in [2.24, 2.45) is 5.73 Å². The van der Waals surface area contributed by atoms with Gasteiger partial charge in [-0.1, -0.05) is 24.3 Å². The smallest absolute Gasteiger partial charge is 0.237 e. The Morgan fingerprint density at radius 1 is 1.41 bits per heavy atom. The van der Waals surface area contributed by atoms with Crippen LogP contribution >= 0.6 is 24.2 Å². The lowest BCUT2D eigenvalue weighted by Gasteiger charge is -2.11. The van der Waals surface area contributed by atoms with E-state index in [2.05, 4.69) is 25.9 Å². The van der Waals surface area contributed by atoms with Gasteiger partial charge in [0.25, 0.3) is 0 Å². The standard InChI is InChI=1S/C13H18N6OS.ClH/c1-21-7-6-11(14)13(20)15-8-9-2-4-10(5-3-9)12-16-18-19-17-12;/h2-5,11H,6-8,14H2,1H3,(H,15,20)(H,16,17,18,19);1H/t11-;/m0./s1. The molecular formula is C13H19ClN6OS. The molecule has 0 aliphatic rings. The number of hydrogen-bond donors (Lipinski definition) is 3. The zero-order valence-electron chi connectivity index (χ0n) is 12.2. The van der Waals surface area contributed by atoms with Gasteiger partial charge in [0.2, 0.25) is 11.7 Å². The molecule has 1 aromatic carbocycles. The highest BCUT2D eigenvalue weighted by atomic mass is 35.5. The SMILES string of the molecule is CSCC[C@H](N)C(=O)NCc1ccc(-c2nn[nH]n2)cc1.Cl. The summed E-state index contributed by atoms with van der Waals surface area (Å²) in [6, 6.07) is 7.16. The first-order chi connectivity index (χ1) is 10.2. The number of carbonyl (C=O) groups excluding carboxylic acids is 1. The van der Waals surface area contributed by atoms with Crippen LogP contribution in [-0.2, 0) is 11.3 Å². The molecule has 0 bridgehead atoms. The Morgan fingerprint density at radius 2 is 2.14 bits per heavy atom. The van der Waals surface area contributed by atoms with Crippen LogP contribution in [0.15, 0.2) is 24.3 Å². The van der Waals surface area contributed by atoms with Crippen LogP contribution in [0.4, 0.5) is 0 Å². The monoisotopic (exact) mass is 342 g/mol. The number of tetrazole rings is 1. The summed E-state index contributed by atoms with van der Waals surface area (Å²) in [5.41, 5.74) is 7.67. The van der Waals surface area contributed by atoms with Gasteiger partial charge in [-0.15, -0.1) is 22.6 Å². The third-order valence-electron chi connectivity index (χ3n) is 2.99. The van der Waals surface area contributed by atoms with Crippen molar-refractivity contribution in [1.29, 1.82) is 0 Å². The number of halogens is 1. The Morgan fingerprint density at radius 3 is 2.73 bits per heavy atom. The van der Waals surface area contributed by atoms with Crippen molar-refractivity contribution in [1.82, 2.24) is 25.9 Å². The van der Waals surface area contributed by atoms with E-state index in [-0.39, 0.29) is 18.3 Å². The van der Waals surface area contributed by atoms with Gasteiger partial charge in [-0.2, -0.15) is 17.0 Å². The molecular weight excluding hydrogens is 324 g/mol. The molecule has 9 heteroatoms. The molecule has 7 nitrogen and oxygen atoms in total. The van der Waals surface area contributed by atoms with E-state index in [1.165, 1.54) is 0 Å². The second-order valence-electron chi connectivity index (χ2n) is 4.54. The Bertz CT molecular complexity index is 562. The predicted octanol–water partition coefficient (Wildman–Crippen LogP) is 0.985. The lowest BCUT2D eigenvalue weighted by Crippen LogP contribution is -2.40. The first kappa shape index (κ1) is 18.4. The fourth-order valence-corrected chi connectivity index (χ4v) is 2.24. The second-order valence-corrected chi connectivity index (χ2v) is 5.52. The average molecular weight is 343 g/mol. The number of hydrogen-bond acceptors (Lipinski definition) is 6. The van der Waals surface area contributed by atoms with Crippen LogP contribution in [0.3, 0.4) is 0 Å². The van der Waals surface area contributed by atoms with Gasteiger partial charge in [0, 0.05) is 12.1 Å². The van der Waals surface area contributed by atoms with Crippen molar-refractivity contribution in [2.45, 2.75) is 19.0 Å². The van der Waals surface area contributed by atoms with Crippen LogP contribution in [0.2, 0.25) is 0 Å². The minimum Gasteiger partial charge on any atom is -0.351 e. The summed E-state index contributed by atoms with van der Waals surface area (Å²) in [6.07, 6.45) is 2.68. The van der Waals surface area contributed by atoms with Crippen molar-refractivity contribution in [3.05, 3.63) is 29.8 Å². The van der Waals surface area contributed by atoms with Crippen molar-refractivity contribution in [2.75, 3.05) is 12.0 Å². The van der Waals surface area contributed by atoms with Gasteiger partial charge in [-0.25, -0.2) is 0 Å². The van der Waals surface area contributed by atoms with E-state index in [1.807, 2.05) is 30.5 Å². The molecule has 1 atom stereocenters. The number of aromatic amines is 1. The van der Waals surface area contributed by atoms with Crippen molar-refractivity contribution in [3.8, 4) is 11.4 Å². The summed E-state index contributed by atoms with van der Waals surface area (Å²) in [5.74, 6) is 1.31. The van der Waals surface area contributed by atoms with Gasteiger partial charge in [-0.05, 0) is 29.2 Å². The second kappa shape index (κ2) is 9.39. The molecule has 4 N–H and O–H groups in total. The van der Waals surface area contributed by atoms with Crippen LogP contribution in [0.1, 0.15) is 12.0 Å². The van der Waals surface area contributed by atoms with Gasteiger partial charge in [0.05, 0.1) is 6.04 Å². The van der Waals surface area contributed by atoms with E-state index >= 15 is 0 Å². The van der Waals surface area contributed by atoms with Crippen LogP contribution < -0.4 is 11.1 Å². The Balaban J connectivity index is 0.00000242. The molecule has 2 rings (SSSR count). The molecule has 120 valence electrons. The van der Waals surface area contributed by atoms with E-state index in [0.717, 1.165) is 16.9 Å². The summed E-state index contributed by atoms with van der Waals surface area (Å²) in [6.45, 7) is 0.457. The minimum atomic E-state index is -0.448. The number of nitrogens with zero attached hydrogens (tertiary/aromatic N) is 3. The molecule has 1 aromatic heterocycles. The number of rotatable bonds is 7. The quantitative estimate of drug-likeness (QED) is 0.692. The normalized spacial score (nSPS) is 11.5. The molecule has 2 aromatic rings. The van der Waals surface area contributed by atoms with E-state index in [9.17, 15) is 4.79 Å². The molecule has 22 heavy (non-hydrogen) atoms. The zero-order valence-corrected chi connectivity index (χ0v) is 13.8. The number of thioether (sulfide) groups is 1. The average Bonchev–Trinajstić information content (AvgIpc) is 3.05. The first-order valence-corrected chi connectivity index (χ1v) is 7.95. The van der Waals surface area contributed by atoms with E-state index in [4.69, 9.17) is 5.73 Å². The van der Waals surface area contributed by atoms with Gasteiger partial charge < -0.3 is 11.1 Å². The van der Waals surface area contributed by atoms with Gasteiger partial charge in [0.1, 0.15) is 0 Å². The molecule has 0 spiro atoms. The van der Waals surface area contributed by atoms with Gasteiger partial charge in [-0.3, -0.25) is 4.79 Å². The summed E-state index contributed by atoms with van der Waals surface area (Å²) < 4.78 is 0. The number of benzene rings is 1. The highest BCUT2D eigenvalue weighted by Crippen LogP contribution is 2.13. The lowest BCUT2D eigenvalue weighted by atomic mass is 10.1. The van der Waals surface area contributed by atoms with E-state index in [0.29, 0.717) is 18.8 Å². The zero-order chi connectivity index (χ0) is 15.1. The minimum absolute atomic E-state index is 0. The summed E-state index contributed by atoms with van der Waals surface area (Å²) >= 11 is 1.68. The fourth-order valence-electron chi connectivity index (χ4n) is 1.75. The fraction of sp³-hybridized carbons (Fsp3) is 0.385. The third kappa shape index (κ3) is 5.28. The number of carbonyl (C=O) groups is 1. The van der Waals surface area contributed by atoms with E-state index < -0.39 is 6.04 Å². The molecule has 0 radical (unpaired) electrons. The van der Waals surface area contributed by atoms with Crippen molar-refractivity contribution >= 4 is 30.1 Å². The van der Waals surface area contributed by atoms with Crippen LogP contribution in [0, 0.1) is 0 Å². The van der Waals surface area contributed by atoms with E-state index in [1.54, 1.807) is 11.8 Å². The lowest BCUT2D eigenvalue weighted by molar-refractivity contribution is -0.122. The van der Waals surface area contributed by atoms with Gasteiger partial charge >= 0.3 is 0 Å². The largest absolute Gasteiger partial charge is 0.351 e. The van der Waals surface area contributed by atoms with Crippen LogP contribution in [0.5, 0.6) is 0 Å².